The molecule has 1 aliphatic rings. The maximum atomic E-state index is 12.6. The highest BCUT2D eigenvalue weighted by Crippen LogP contribution is 2.25. The molecule has 0 aromatic heterocycles. The van der Waals surface area contributed by atoms with E-state index in [9.17, 15) is 9.59 Å². The van der Waals surface area contributed by atoms with Gasteiger partial charge < -0.3 is 25.0 Å². The summed E-state index contributed by atoms with van der Waals surface area (Å²) in [4.78, 5) is 26.9. The van der Waals surface area contributed by atoms with Gasteiger partial charge in [-0.3, -0.25) is 4.79 Å². The number of aryl methyl sites for hydroxylation is 1. The van der Waals surface area contributed by atoms with Gasteiger partial charge >= 0.3 is 6.03 Å². The Balaban J connectivity index is 1.57. The normalized spacial score (nSPS) is 16.6. The second-order valence-corrected chi connectivity index (χ2v) is 7.49. The molecule has 1 aliphatic heterocycles. The first kappa shape index (κ1) is 21.5. The summed E-state index contributed by atoms with van der Waals surface area (Å²) >= 11 is 0. The molecular weight excluding hydrogens is 382 g/mol. The monoisotopic (exact) mass is 411 g/mol. The molecule has 1 saturated heterocycles. The fourth-order valence-electron chi connectivity index (χ4n) is 3.60. The number of rotatable bonds is 6. The number of nitrogens with one attached hydrogen (secondary N) is 2. The minimum Gasteiger partial charge on any atom is -0.497 e. The van der Waals surface area contributed by atoms with Crippen LogP contribution >= 0.6 is 0 Å². The molecule has 2 aromatic carbocycles. The van der Waals surface area contributed by atoms with Crippen molar-refractivity contribution >= 4 is 17.6 Å². The highest BCUT2D eigenvalue weighted by molar-refractivity contribution is 5.91. The molecule has 0 aliphatic carbocycles. The molecule has 0 bridgehead atoms. The zero-order valence-corrected chi connectivity index (χ0v) is 17.7. The fraction of sp³-hybridized carbons (Fsp3) is 0.391. The largest absolute Gasteiger partial charge is 0.497 e. The lowest BCUT2D eigenvalue weighted by atomic mass is 10.1. The average Bonchev–Trinajstić information content (AvgIpc) is 2.90. The lowest BCUT2D eigenvalue weighted by molar-refractivity contribution is -0.131. The summed E-state index contributed by atoms with van der Waals surface area (Å²) in [6, 6.07) is 13.0. The minimum absolute atomic E-state index is 0.0694. The lowest BCUT2D eigenvalue weighted by Crippen LogP contribution is -2.38. The third-order valence-electron chi connectivity index (χ3n) is 5.25. The summed E-state index contributed by atoms with van der Waals surface area (Å²) in [5.41, 5.74) is 2.68. The van der Waals surface area contributed by atoms with E-state index in [0.29, 0.717) is 43.8 Å². The van der Waals surface area contributed by atoms with E-state index in [1.807, 2.05) is 54.3 Å². The maximum absolute atomic E-state index is 12.6. The second kappa shape index (κ2) is 10.0. The van der Waals surface area contributed by atoms with Gasteiger partial charge in [-0.15, -0.1) is 0 Å². The quantitative estimate of drug-likeness (QED) is 0.759. The van der Waals surface area contributed by atoms with Crippen molar-refractivity contribution in [3.63, 3.8) is 0 Å². The Labute approximate surface area is 177 Å². The van der Waals surface area contributed by atoms with E-state index < -0.39 is 0 Å². The second-order valence-electron chi connectivity index (χ2n) is 7.49. The van der Waals surface area contributed by atoms with Crippen LogP contribution in [0.5, 0.6) is 11.5 Å². The van der Waals surface area contributed by atoms with Crippen molar-refractivity contribution in [2.24, 2.45) is 0 Å². The zero-order chi connectivity index (χ0) is 21.5. The highest BCUT2D eigenvalue weighted by atomic mass is 16.5. The van der Waals surface area contributed by atoms with Crippen molar-refractivity contribution in [2.45, 2.75) is 38.8 Å². The number of nitrogens with zero attached hydrogens (tertiary/aromatic N) is 1. The van der Waals surface area contributed by atoms with Gasteiger partial charge in [-0.05, 0) is 55.2 Å². The topological polar surface area (TPSA) is 79.9 Å². The summed E-state index contributed by atoms with van der Waals surface area (Å²) in [7, 11) is 3.20. The zero-order valence-electron chi connectivity index (χ0n) is 17.7. The standard InChI is InChI=1S/C23H29N3O4/c1-16-7-9-21(30-3)20(13-16)25-23(28)24-18-8-10-22(27)26(12-11-18)15-17-5-4-6-19(14-17)29-2/h4-7,9,13-14,18H,8,10-12,15H2,1-3H3,(H2,24,25,28). The van der Waals surface area contributed by atoms with Gasteiger partial charge in [0.05, 0.1) is 19.9 Å². The Morgan fingerprint density at radius 3 is 2.73 bits per heavy atom. The number of likely N-dealkylation sites (tertiary alicyclic amines) is 1. The van der Waals surface area contributed by atoms with Crippen molar-refractivity contribution in [2.75, 3.05) is 26.1 Å². The number of hydrogen-bond acceptors (Lipinski definition) is 4. The molecule has 1 atom stereocenters. The van der Waals surface area contributed by atoms with Crippen molar-refractivity contribution in [1.82, 2.24) is 10.2 Å². The molecule has 7 nitrogen and oxygen atoms in total. The predicted octanol–water partition coefficient (Wildman–Crippen LogP) is 3.72. The van der Waals surface area contributed by atoms with E-state index in [4.69, 9.17) is 9.47 Å². The lowest BCUT2D eigenvalue weighted by Gasteiger charge is -2.21. The molecule has 1 unspecified atom stereocenters. The van der Waals surface area contributed by atoms with Crippen LogP contribution in [-0.2, 0) is 11.3 Å². The van der Waals surface area contributed by atoms with Crippen LogP contribution in [0.25, 0.3) is 0 Å². The first-order chi connectivity index (χ1) is 14.5. The first-order valence-electron chi connectivity index (χ1n) is 10.1. The summed E-state index contributed by atoms with van der Waals surface area (Å²) < 4.78 is 10.6. The molecule has 1 heterocycles. The van der Waals surface area contributed by atoms with Gasteiger partial charge in [0, 0.05) is 25.6 Å². The fourth-order valence-corrected chi connectivity index (χ4v) is 3.60. The molecule has 0 radical (unpaired) electrons. The summed E-state index contributed by atoms with van der Waals surface area (Å²) in [5, 5.41) is 5.85. The molecule has 0 spiro atoms. The Bertz CT molecular complexity index is 900. The molecule has 160 valence electrons. The van der Waals surface area contributed by atoms with Crippen molar-refractivity contribution < 1.29 is 19.1 Å². The van der Waals surface area contributed by atoms with E-state index in [1.165, 1.54) is 0 Å². The average molecular weight is 412 g/mol. The van der Waals surface area contributed by atoms with E-state index in [-0.39, 0.29) is 18.0 Å². The Kier molecular flexibility index (Phi) is 7.17. The molecule has 2 N–H and O–H groups in total. The Morgan fingerprint density at radius 1 is 1.13 bits per heavy atom. The molecule has 7 heteroatoms. The molecule has 3 amide bonds. The van der Waals surface area contributed by atoms with E-state index in [1.54, 1.807) is 14.2 Å². The Morgan fingerprint density at radius 2 is 1.97 bits per heavy atom. The van der Waals surface area contributed by atoms with Crippen molar-refractivity contribution in [3.8, 4) is 11.5 Å². The van der Waals surface area contributed by atoms with Crippen LogP contribution in [0.4, 0.5) is 10.5 Å². The van der Waals surface area contributed by atoms with E-state index in [0.717, 1.165) is 16.9 Å². The number of methoxy groups -OCH3 is 2. The van der Waals surface area contributed by atoms with Crippen molar-refractivity contribution in [1.29, 1.82) is 0 Å². The van der Waals surface area contributed by atoms with E-state index in [2.05, 4.69) is 10.6 Å². The molecule has 2 aromatic rings. The van der Waals surface area contributed by atoms with Gasteiger partial charge in [-0.2, -0.15) is 0 Å². The first-order valence-corrected chi connectivity index (χ1v) is 10.1. The van der Waals surface area contributed by atoms with Gasteiger partial charge in [0.1, 0.15) is 11.5 Å². The van der Waals surface area contributed by atoms with E-state index >= 15 is 0 Å². The number of amides is 3. The van der Waals surface area contributed by atoms with Gasteiger partial charge in [-0.25, -0.2) is 4.79 Å². The Hall–Kier alpha value is -3.22. The summed E-state index contributed by atoms with van der Waals surface area (Å²) in [6.07, 6.45) is 1.72. The number of anilines is 1. The third kappa shape index (κ3) is 5.65. The number of urea groups is 1. The molecule has 1 fully saturated rings. The van der Waals surface area contributed by atoms with Gasteiger partial charge in [0.15, 0.2) is 0 Å². The molecular formula is C23H29N3O4. The number of hydrogen-bond donors (Lipinski definition) is 2. The number of ether oxygens (including phenoxy) is 2. The van der Waals surface area contributed by atoms with Gasteiger partial charge in [0.25, 0.3) is 0 Å². The highest BCUT2D eigenvalue weighted by Gasteiger charge is 2.24. The number of carbonyl (C=O) groups is 2. The number of carbonyl (C=O) groups excluding carboxylic acids is 2. The maximum Gasteiger partial charge on any atom is 0.319 e. The van der Waals surface area contributed by atoms with Crippen LogP contribution in [-0.4, -0.2) is 43.6 Å². The van der Waals surface area contributed by atoms with Crippen LogP contribution in [0.2, 0.25) is 0 Å². The van der Waals surface area contributed by atoms with Crippen LogP contribution in [0.15, 0.2) is 42.5 Å². The summed E-state index contributed by atoms with van der Waals surface area (Å²) in [5.74, 6) is 1.48. The van der Waals surface area contributed by atoms with Crippen LogP contribution < -0.4 is 20.1 Å². The predicted molar refractivity (Wildman–Crippen MR) is 116 cm³/mol. The van der Waals surface area contributed by atoms with Crippen LogP contribution in [0.1, 0.15) is 30.4 Å². The summed E-state index contributed by atoms with van der Waals surface area (Å²) in [6.45, 7) is 3.08. The van der Waals surface area contributed by atoms with Gasteiger partial charge in [0.2, 0.25) is 5.91 Å². The van der Waals surface area contributed by atoms with Gasteiger partial charge in [-0.1, -0.05) is 18.2 Å². The third-order valence-corrected chi connectivity index (χ3v) is 5.25. The van der Waals surface area contributed by atoms with Crippen LogP contribution in [0, 0.1) is 6.92 Å². The number of benzene rings is 2. The van der Waals surface area contributed by atoms with Crippen molar-refractivity contribution in [3.05, 3.63) is 53.6 Å². The molecule has 3 rings (SSSR count). The SMILES string of the molecule is COc1cccc(CN2CCC(NC(=O)Nc3cc(C)ccc3OC)CCC2=O)c1. The minimum atomic E-state index is -0.294. The molecule has 0 saturated carbocycles. The smallest absolute Gasteiger partial charge is 0.319 e. The molecule has 30 heavy (non-hydrogen) atoms. The van der Waals surface area contributed by atoms with Crippen LogP contribution in [0.3, 0.4) is 0 Å².